The third kappa shape index (κ3) is 2.10. The lowest BCUT2D eigenvalue weighted by Gasteiger charge is -2.14. The Labute approximate surface area is 108 Å². The van der Waals surface area contributed by atoms with Gasteiger partial charge in [-0.25, -0.2) is 4.79 Å². The van der Waals surface area contributed by atoms with Crippen LogP contribution in [0.4, 0.5) is 0 Å². The van der Waals surface area contributed by atoms with Gasteiger partial charge in [0, 0.05) is 0 Å². The minimum absolute atomic E-state index is 0.276. The van der Waals surface area contributed by atoms with Crippen molar-refractivity contribution in [3.63, 3.8) is 0 Å². The van der Waals surface area contributed by atoms with Crippen molar-refractivity contribution in [3.8, 4) is 0 Å². The fourth-order valence-electron chi connectivity index (χ4n) is 2.26. The van der Waals surface area contributed by atoms with Crippen LogP contribution in [-0.4, -0.2) is 13.1 Å². The molecular formula is C16H18O2. The number of carbonyl (C=O) groups excluding carboxylic acids is 1. The molecule has 0 radical (unpaired) electrons. The first-order valence-corrected chi connectivity index (χ1v) is 6.29. The zero-order valence-corrected chi connectivity index (χ0v) is 11.1. The minimum Gasteiger partial charge on any atom is -0.465 e. The molecule has 0 aromatic heterocycles. The van der Waals surface area contributed by atoms with Gasteiger partial charge in [0.1, 0.15) is 0 Å². The van der Waals surface area contributed by atoms with Gasteiger partial charge in [-0.05, 0) is 34.7 Å². The van der Waals surface area contributed by atoms with Crippen LogP contribution >= 0.6 is 0 Å². The summed E-state index contributed by atoms with van der Waals surface area (Å²) in [6.45, 7) is 4.38. The van der Waals surface area contributed by atoms with Crippen LogP contribution in [0.3, 0.4) is 0 Å². The summed E-state index contributed by atoms with van der Waals surface area (Å²) in [4.78, 5) is 11.8. The first-order chi connectivity index (χ1) is 8.69. The molecule has 94 valence electrons. The van der Waals surface area contributed by atoms with Crippen molar-refractivity contribution < 1.29 is 9.53 Å². The number of hydrogen-bond donors (Lipinski definition) is 0. The quantitative estimate of drug-likeness (QED) is 0.756. The van der Waals surface area contributed by atoms with Gasteiger partial charge in [0.25, 0.3) is 0 Å². The van der Waals surface area contributed by atoms with Gasteiger partial charge < -0.3 is 4.74 Å². The summed E-state index contributed by atoms with van der Waals surface area (Å²) in [5, 5.41) is 2.12. The Hall–Kier alpha value is -1.83. The minimum atomic E-state index is -0.276. The number of rotatable bonds is 3. The summed E-state index contributed by atoms with van der Waals surface area (Å²) >= 11 is 0. The van der Waals surface area contributed by atoms with Gasteiger partial charge in [-0.15, -0.1) is 0 Å². The van der Waals surface area contributed by atoms with E-state index in [2.05, 4.69) is 19.9 Å². The fourth-order valence-corrected chi connectivity index (χ4v) is 2.26. The van der Waals surface area contributed by atoms with E-state index in [0.29, 0.717) is 11.5 Å². The molecule has 0 spiro atoms. The van der Waals surface area contributed by atoms with E-state index in [9.17, 15) is 4.79 Å². The molecule has 1 atom stereocenters. The van der Waals surface area contributed by atoms with E-state index in [4.69, 9.17) is 4.74 Å². The molecule has 0 N–H and O–H groups in total. The van der Waals surface area contributed by atoms with E-state index in [-0.39, 0.29) is 5.97 Å². The fraction of sp³-hybridized carbons (Fsp3) is 0.312. The van der Waals surface area contributed by atoms with Crippen LogP contribution in [0.2, 0.25) is 0 Å². The summed E-state index contributed by atoms with van der Waals surface area (Å²) in [5.74, 6) is 0.212. The monoisotopic (exact) mass is 242 g/mol. The third-order valence-electron chi connectivity index (χ3n) is 3.51. The van der Waals surface area contributed by atoms with Crippen molar-refractivity contribution in [2.45, 2.75) is 26.2 Å². The van der Waals surface area contributed by atoms with Gasteiger partial charge in [0.2, 0.25) is 0 Å². The largest absolute Gasteiger partial charge is 0.465 e. The lowest BCUT2D eigenvalue weighted by atomic mass is 9.91. The number of esters is 1. The van der Waals surface area contributed by atoms with Gasteiger partial charge in [-0.1, -0.05) is 44.2 Å². The lowest BCUT2D eigenvalue weighted by Crippen LogP contribution is -2.03. The predicted octanol–water partition coefficient (Wildman–Crippen LogP) is 4.14. The summed E-state index contributed by atoms with van der Waals surface area (Å²) in [7, 11) is 1.42. The number of carbonyl (C=O) groups is 1. The Bertz CT molecular complexity index is 572. The highest BCUT2D eigenvalue weighted by Gasteiger charge is 2.14. The molecule has 0 fully saturated rings. The molecule has 0 saturated heterocycles. The molecule has 2 aromatic rings. The number of benzene rings is 2. The number of hydrogen-bond acceptors (Lipinski definition) is 2. The molecular weight excluding hydrogens is 224 g/mol. The maximum Gasteiger partial charge on any atom is 0.338 e. The second-order valence-electron chi connectivity index (χ2n) is 4.55. The molecule has 0 aliphatic carbocycles. The molecule has 0 heterocycles. The topological polar surface area (TPSA) is 26.3 Å². The van der Waals surface area contributed by atoms with Crippen LogP contribution in [0.25, 0.3) is 10.8 Å². The molecule has 2 heteroatoms. The van der Waals surface area contributed by atoms with Crippen molar-refractivity contribution in [2.75, 3.05) is 7.11 Å². The zero-order chi connectivity index (χ0) is 13.1. The zero-order valence-electron chi connectivity index (χ0n) is 11.1. The van der Waals surface area contributed by atoms with Crippen molar-refractivity contribution >= 4 is 16.7 Å². The van der Waals surface area contributed by atoms with Crippen LogP contribution in [0, 0.1) is 0 Å². The third-order valence-corrected chi connectivity index (χ3v) is 3.51. The molecule has 0 amide bonds. The Morgan fingerprint density at radius 1 is 1.17 bits per heavy atom. The smallest absolute Gasteiger partial charge is 0.338 e. The highest BCUT2D eigenvalue weighted by atomic mass is 16.5. The predicted molar refractivity (Wildman–Crippen MR) is 74.0 cm³/mol. The van der Waals surface area contributed by atoms with Gasteiger partial charge in [0.15, 0.2) is 0 Å². The molecule has 0 saturated carbocycles. The normalized spacial score (nSPS) is 12.4. The van der Waals surface area contributed by atoms with Crippen molar-refractivity contribution in [1.82, 2.24) is 0 Å². The highest BCUT2D eigenvalue weighted by molar-refractivity contribution is 6.05. The van der Waals surface area contributed by atoms with Gasteiger partial charge >= 0.3 is 5.97 Å². The van der Waals surface area contributed by atoms with Crippen LogP contribution < -0.4 is 0 Å². The SMILES string of the molecule is CCC(C)c1ccc(C(=O)OC)c2ccccc12. The van der Waals surface area contributed by atoms with Crippen LogP contribution in [-0.2, 0) is 4.74 Å². The molecule has 0 bridgehead atoms. The summed E-state index contributed by atoms with van der Waals surface area (Å²) in [6.07, 6.45) is 1.08. The van der Waals surface area contributed by atoms with E-state index in [0.717, 1.165) is 17.2 Å². The maximum atomic E-state index is 11.8. The average Bonchev–Trinajstić information content (AvgIpc) is 2.44. The Morgan fingerprint density at radius 2 is 1.83 bits per heavy atom. The molecule has 0 aliphatic rings. The van der Waals surface area contributed by atoms with Crippen molar-refractivity contribution in [2.24, 2.45) is 0 Å². The molecule has 0 aliphatic heterocycles. The number of methoxy groups -OCH3 is 1. The molecule has 1 unspecified atom stereocenters. The first kappa shape index (κ1) is 12.6. The van der Waals surface area contributed by atoms with Gasteiger partial charge in [0.05, 0.1) is 12.7 Å². The Balaban J connectivity index is 2.70. The van der Waals surface area contributed by atoms with Crippen LogP contribution in [0.15, 0.2) is 36.4 Å². The summed E-state index contributed by atoms with van der Waals surface area (Å²) < 4.78 is 4.83. The number of ether oxygens (including phenoxy) is 1. The Kier molecular flexibility index (Phi) is 3.66. The van der Waals surface area contributed by atoms with E-state index in [1.54, 1.807) is 0 Å². The molecule has 2 aromatic carbocycles. The maximum absolute atomic E-state index is 11.8. The van der Waals surface area contributed by atoms with E-state index >= 15 is 0 Å². The van der Waals surface area contributed by atoms with Gasteiger partial charge in [-0.2, -0.15) is 0 Å². The van der Waals surface area contributed by atoms with E-state index in [1.165, 1.54) is 12.7 Å². The molecule has 2 rings (SSSR count). The number of fused-ring (bicyclic) bond motifs is 1. The second-order valence-corrected chi connectivity index (χ2v) is 4.55. The summed E-state index contributed by atoms with van der Waals surface area (Å²) in [6, 6.07) is 11.9. The van der Waals surface area contributed by atoms with Crippen molar-refractivity contribution in [3.05, 3.63) is 47.5 Å². The first-order valence-electron chi connectivity index (χ1n) is 6.29. The molecule has 18 heavy (non-hydrogen) atoms. The van der Waals surface area contributed by atoms with E-state index in [1.807, 2.05) is 30.3 Å². The van der Waals surface area contributed by atoms with Crippen LogP contribution in [0.5, 0.6) is 0 Å². The van der Waals surface area contributed by atoms with Gasteiger partial charge in [-0.3, -0.25) is 0 Å². The lowest BCUT2D eigenvalue weighted by molar-refractivity contribution is 0.0603. The standard InChI is InChI=1S/C16H18O2/c1-4-11(2)12-9-10-15(16(17)18-3)14-8-6-5-7-13(12)14/h5-11H,4H2,1-3H3. The second kappa shape index (κ2) is 5.21. The summed E-state index contributed by atoms with van der Waals surface area (Å²) in [5.41, 5.74) is 1.93. The Morgan fingerprint density at radius 3 is 2.44 bits per heavy atom. The van der Waals surface area contributed by atoms with E-state index < -0.39 is 0 Å². The highest BCUT2D eigenvalue weighted by Crippen LogP contribution is 2.30. The van der Waals surface area contributed by atoms with Crippen molar-refractivity contribution in [1.29, 1.82) is 0 Å². The van der Waals surface area contributed by atoms with Crippen LogP contribution in [0.1, 0.15) is 42.1 Å². The molecule has 2 nitrogen and oxygen atoms in total. The average molecular weight is 242 g/mol.